The molecule has 2 rings (SSSR count). The molecule has 2 amide bonds. The highest BCUT2D eigenvalue weighted by Crippen LogP contribution is 2.20. The van der Waals surface area contributed by atoms with E-state index in [1.54, 1.807) is 16.8 Å². The Morgan fingerprint density at radius 2 is 2.16 bits per heavy atom. The smallest absolute Gasteiger partial charge is 0.319 e. The fourth-order valence-corrected chi connectivity index (χ4v) is 1.91. The van der Waals surface area contributed by atoms with Crippen molar-refractivity contribution in [2.75, 3.05) is 5.32 Å². The Hall–Kier alpha value is -2.01. The van der Waals surface area contributed by atoms with E-state index < -0.39 is 0 Å². The number of anilines is 1. The summed E-state index contributed by atoms with van der Waals surface area (Å²) in [6.45, 7) is 2.33. The Balaban J connectivity index is 1.92. The number of benzene rings is 1. The number of halogens is 1. The zero-order chi connectivity index (χ0) is 13.8. The molecule has 5 nitrogen and oxygen atoms in total. The number of rotatable bonds is 3. The van der Waals surface area contributed by atoms with E-state index in [1.165, 1.54) is 0 Å². The van der Waals surface area contributed by atoms with Gasteiger partial charge in [-0.25, -0.2) is 4.79 Å². The van der Waals surface area contributed by atoms with Gasteiger partial charge in [0.15, 0.2) is 0 Å². The maximum absolute atomic E-state index is 11.7. The fourth-order valence-electron chi connectivity index (χ4n) is 1.73. The van der Waals surface area contributed by atoms with E-state index in [4.69, 9.17) is 11.6 Å². The molecule has 0 fully saturated rings. The lowest BCUT2D eigenvalue weighted by Gasteiger charge is -2.08. The quantitative estimate of drug-likeness (QED) is 0.907. The number of para-hydroxylation sites is 1. The molecule has 0 spiro atoms. The largest absolute Gasteiger partial charge is 0.334 e. The first-order valence-electron chi connectivity index (χ1n) is 5.85. The number of aromatic nitrogens is 2. The van der Waals surface area contributed by atoms with Crippen molar-refractivity contribution in [2.45, 2.75) is 13.5 Å². The van der Waals surface area contributed by atoms with Crippen molar-refractivity contribution in [1.82, 2.24) is 15.1 Å². The Labute approximate surface area is 116 Å². The lowest BCUT2D eigenvalue weighted by molar-refractivity contribution is 0.251. The number of aryl methyl sites for hydroxylation is 2. The molecule has 2 N–H and O–H groups in total. The zero-order valence-electron chi connectivity index (χ0n) is 10.8. The van der Waals surface area contributed by atoms with E-state index in [0.29, 0.717) is 17.3 Å². The van der Waals surface area contributed by atoms with Crippen LogP contribution in [0.25, 0.3) is 0 Å². The van der Waals surface area contributed by atoms with E-state index in [9.17, 15) is 4.79 Å². The summed E-state index contributed by atoms with van der Waals surface area (Å²) in [6, 6.07) is 6.80. The molecule has 100 valence electrons. The molecule has 0 aliphatic heterocycles. The lowest BCUT2D eigenvalue weighted by Crippen LogP contribution is -2.28. The minimum absolute atomic E-state index is 0.295. The molecule has 0 aliphatic carbocycles. The Bertz CT molecular complexity index is 594. The van der Waals surface area contributed by atoms with Crippen LogP contribution < -0.4 is 10.6 Å². The summed E-state index contributed by atoms with van der Waals surface area (Å²) in [6.07, 6.45) is 1.88. The van der Waals surface area contributed by atoms with Gasteiger partial charge >= 0.3 is 6.03 Å². The minimum Gasteiger partial charge on any atom is -0.334 e. The van der Waals surface area contributed by atoms with Crippen molar-refractivity contribution >= 4 is 23.3 Å². The van der Waals surface area contributed by atoms with E-state index in [-0.39, 0.29) is 6.03 Å². The summed E-state index contributed by atoms with van der Waals surface area (Å²) in [4.78, 5) is 11.7. The van der Waals surface area contributed by atoms with Gasteiger partial charge in [-0.1, -0.05) is 23.7 Å². The highest BCUT2D eigenvalue weighted by molar-refractivity contribution is 6.33. The van der Waals surface area contributed by atoms with Crippen molar-refractivity contribution in [3.05, 3.63) is 46.7 Å². The molecular formula is C13H15ClN4O. The van der Waals surface area contributed by atoms with E-state index in [1.807, 2.05) is 32.3 Å². The van der Waals surface area contributed by atoms with E-state index >= 15 is 0 Å². The molecule has 19 heavy (non-hydrogen) atoms. The third-order valence-corrected chi connectivity index (χ3v) is 3.01. The number of hydrogen-bond donors (Lipinski definition) is 2. The maximum atomic E-state index is 11.7. The van der Waals surface area contributed by atoms with E-state index in [0.717, 1.165) is 11.3 Å². The fraction of sp³-hybridized carbons (Fsp3) is 0.231. The average Bonchev–Trinajstić information content (AvgIpc) is 2.68. The molecule has 1 aromatic heterocycles. The molecule has 0 atom stereocenters. The van der Waals surface area contributed by atoms with Gasteiger partial charge in [0.25, 0.3) is 0 Å². The highest BCUT2D eigenvalue weighted by atomic mass is 35.5. The monoisotopic (exact) mass is 278 g/mol. The molecule has 0 aliphatic rings. The number of hydrogen-bond acceptors (Lipinski definition) is 2. The number of nitrogens with one attached hydrogen (secondary N) is 2. The SMILES string of the molecule is Cc1nn(C)cc1CNC(=O)Nc1ccccc1Cl. The van der Waals surface area contributed by atoms with Gasteiger partial charge in [-0.3, -0.25) is 4.68 Å². The van der Waals surface area contributed by atoms with Crippen LogP contribution >= 0.6 is 11.6 Å². The second-order valence-electron chi connectivity index (χ2n) is 4.20. The third kappa shape index (κ3) is 3.48. The second kappa shape index (κ2) is 5.75. The van der Waals surface area contributed by atoms with Crippen LogP contribution in [0.2, 0.25) is 5.02 Å². The standard InChI is InChI=1S/C13H15ClN4O/c1-9-10(8-18(2)17-9)7-15-13(19)16-12-6-4-3-5-11(12)14/h3-6,8H,7H2,1-2H3,(H2,15,16,19). The van der Waals surface area contributed by atoms with Crippen LogP contribution in [0.5, 0.6) is 0 Å². The molecule has 0 bridgehead atoms. The first-order valence-corrected chi connectivity index (χ1v) is 6.22. The Morgan fingerprint density at radius 1 is 1.42 bits per heavy atom. The normalized spacial score (nSPS) is 10.3. The van der Waals surface area contributed by atoms with Gasteiger partial charge in [-0.05, 0) is 19.1 Å². The second-order valence-corrected chi connectivity index (χ2v) is 4.61. The molecule has 6 heteroatoms. The molecule has 1 aromatic carbocycles. The van der Waals surface area contributed by atoms with Crippen molar-refractivity contribution < 1.29 is 4.79 Å². The predicted octanol–water partition coefficient (Wildman–Crippen LogP) is 2.70. The maximum Gasteiger partial charge on any atom is 0.319 e. The van der Waals surface area contributed by atoms with Gasteiger partial charge in [0, 0.05) is 25.4 Å². The summed E-state index contributed by atoms with van der Waals surface area (Å²) >= 11 is 5.96. The number of nitrogens with zero attached hydrogens (tertiary/aromatic N) is 2. The summed E-state index contributed by atoms with van der Waals surface area (Å²) in [5.41, 5.74) is 2.47. The van der Waals surface area contributed by atoms with Gasteiger partial charge < -0.3 is 10.6 Å². The van der Waals surface area contributed by atoms with Crippen LogP contribution in [-0.2, 0) is 13.6 Å². The molecule has 0 saturated carbocycles. The van der Waals surface area contributed by atoms with Crippen LogP contribution in [0.3, 0.4) is 0 Å². The molecule has 0 radical (unpaired) electrons. The average molecular weight is 279 g/mol. The number of carbonyl (C=O) groups is 1. The summed E-state index contributed by atoms with van der Waals surface area (Å²) in [5, 5.41) is 10.2. The van der Waals surface area contributed by atoms with Crippen LogP contribution in [0.15, 0.2) is 30.5 Å². The highest BCUT2D eigenvalue weighted by Gasteiger charge is 2.07. The van der Waals surface area contributed by atoms with Gasteiger partial charge in [0.05, 0.1) is 16.4 Å². The van der Waals surface area contributed by atoms with Crippen LogP contribution in [0.1, 0.15) is 11.3 Å². The molecule has 1 heterocycles. The number of urea groups is 1. The molecular weight excluding hydrogens is 264 g/mol. The Morgan fingerprint density at radius 3 is 2.79 bits per heavy atom. The van der Waals surface area contributed by atoms with Crippen molar-refractivity contribution in [1.29, 1.82) is 0 Å². The summed E-state index contributed by atoms with van der Waals surface area (Å²) < 4.78 is 1.72. The van der Waals surface area contributed by atoms with Crippen molar-refractivity contribution in [3.8, 4) is 0 Å². The minimum atomic E-state index is -0.295. The van der Waals surface area contributed by atoms with Crippen molar-refractivity contribution in [3.63, 3.8) is 0 Å². The van der Waals surface area contributed by atoms with Gasteiger partial charge in [-0.2, -0.15) is 5.10 Å². The van der Waals surface area contributed by atoms with E-state index in [2.05, 4.69) is 15.7 Å². The predicted molar refractivity (Wildman–Crippen MR) is 75.3 cm³/mol. The van der Waals surface area contributed by atoms with Gasteiger partial charge in [0.1, 0.15) is 0 Å². The number of amides is 2. The lowest BCUT2D eigenvalue weighted by atomic mass is 10.3. The zero-order valence-corrected chi connectivity index (χ0v) is 11.5. The van der Waals surface area contributed by atoms with Crippen LogP contribution in [0.4, 0.5) is 10.5 Å². The molecule has 2 aromatic rings. The van der Waals surface area contributed by atoms with Gasteiger partial charge in [0.2, 0.25) is 0 Å². The topological polar surface area (TPSA) is 59.0 Å². The summed E-state index contributed by atoms with van der Waals surface area (Å²) in [5.74, 6) is 0. The van der Waals surface area contributed by atoms with Crippen molar-refractivity contribution in [2.24, 2.45) is 7.05 Å². The van der Waals surface area contributed by atoms with Crippen LogP contribution in [0, 0.1) is 6.92 Å². The molecule has 0 unspecified atom stereocenters. The summed E-state index contributed by atoms with van der Waals surface area (Å²) in [7, 11) is 1.85. The first-order chi connectivity index (χ1) is 9.06. The van der Waals surface area contributed by atoms with Gasteiger partial charge in [-0.15, -0.1) is 0 Å². The molecule has 0 saturated heterocycles. The third-order valence-electron chi connectivity index (χ3n) is 2.68. The Kier molecular flexibility index (Phi) is 4.06. The first kappa shape index (κ1) is 13.4. The van der Waals surface area contributed by atoms with Crippen LogP contribution in [-0.4, -0.2) is 15.8 Å². The number of carbonyl (C=O) groups excluding carboxylic acids is 1.